The van der Waals surface area contributed by atoms with Gasteiger partial charge in [-0.2, -0.15) is 0 Å². The second-order valence-electron chi connectivity index (χ2n) is 4.78. The lowest BCUT2D eigenvalue weighted by Crippen LogP contribution is -2.60. The number of nitrogens with one attached hydrogen (secondary N) is 2. The molecule has 0 spiro atoms. The van der Waals surface area contributed by atoms with E-state index in [1.807, 2.05) is 0 Å². The Morgan fingerprint density at radius 2 is 2.20 bits per heavy atom. The van der Waals surface area contributed by atoms with Crippen LogP contribution in [0.25, 0.3) is 0 Å². The predicted molar refractivity (Wildman–Crippen MR) is 57.5 cm³/mol. The summed E-state index contributed by atoms with van der Waals surface area (Å²) in [6.45, 7) is 1.01. The van der Waals surface area contributed by atoms with E-state index in [9.17, 15) is 9.90 Å². The Hall–Kier alpha value is -0.610. The normalized spacial score (nSPS) is 29.3. The summed E-state index contributed by atoms with van der Waals surface area (Å²) in [4.78, 5) is 11.9. The minimum atomic E-state index is -0.295. The second-order valence-corrected chi connectivity index (χ2v) is 4.78. The van der Waals surface area contributed by atoms with Gasteiger partial charge in [0.25, 0.3) is 0 Å². The lowest BCUT2D eigenvalue weighted by atomic mass is 9.77. The Morgan fingerprint density at radius 1 is 1.40 bits per heavy atom. The third-order valence-corrected chi connectivity index (χ3v) is 3.63. The molecule has 15 heavy (non-hydrogen) atoms. The zero-order valence-electron chi connectivity index (χ0n) is 9.09. The van der Waals surface area contributed by atoms with Gasteiger partial charge in [0.05, 0.1) is 18.2 Å². The van der Waals surface area contributed by atoms with Gasteiger partial charge in [0.2, 0.25) is 5.91 Å². The van der Waals surface area contributed by atoms with Gasteiger partial charge in [0.15, 0.2) is 0 Å². The maximum Gasteiger partial charge on any atom is 0.237 e. The van der Waals surface area contributed by atoms with E-state index in [2.05, 4.69) is 10.6 Å². The van der Waals surface area contributed by atoms with E-state index >= 15 is 0 Å². The minimum absolute atomic E-state index is 0.0391. The summed E-state index contributed by atoms with van der Waals surface area (Å²) in [5.41, 5.74) is -0.295. The van der Waals surface area contributed by atoms with Gasteiger partial charge in [-0.1, -0.05) is 6.42 Å². The van der Waals surface area contributed by atoms with Crippen LogP contribution in [0.4, 0.5) is 0 Å². The molecule has 4 heteroatoms. The highest BCUT2D eigenvalue weighted by atomic mass is 16.3. The van der Waals surface area contributed by atoms with E-state index < -0.39 is 0 Å². The SMILES string of the molecule is O=C(NC1(CO)CCC1)[C@@H]1CCCCN1. The molecule has 0 aromatic carbocycles. The maximum atomic E-state index is 11.9. The average Bonchev–Trinajstić information content (AvgIpc) is 2.24. The maximum absolute atomic E-state index is 11.9. The molecule has 4 nitrogen and oxygen atoms in total. The van der Waals surface area contributed by atoms with Crippen LogP contribution in [0.5, 0.6) is 0 Å². The number of carbonyl (C=O) groups excluding carboxylic acids is 1. The highest BCUT2D eigenvalue weighted by Crippen LogP contribution is 2.31. The van der Waals surface area contributed by atoms with Crippen LogP contribution in [0.15, 0.2) is 0 Å². The molecule has 1 amide bonds. The van der Waals surface area contributed by atoms with Crippen molar-refractivity contribution < 1.29 is 9.90 Å². The number of aliphatic hydroxyl groups is 1. The lowest BCUT2D eigenvalue weighted by molar-refractivity contribution is -0.127. The van der Waals surface area contributed by atoms with Crippen molar-refractivity contribution in [1.82, 2.24) is 10.6 Å². The Bertz CT molecular complexity index is 227. The molecule has 0 bridgehead atoms. The van der Waals surface area contributed by atoms with Gasteiger partial charge in [-0.25, -0.2) is 0 Å². The number of carbonyl (C=O) groups is 1. The third kappa shape index (κ3) is 2.32. The van der Waals surface area contributed by atoms with Gasteiger partial charge >= 0.3 is 0 Å². The minimum Gasteiger partial charge on any atom is -0.394 e. The van der Waals surface area contributed by atoms with Crippen LogP contribution in [0.3, 0.4) is 0 Å². The summed E-state index contributed by atoms with van der Waals surface area (Å²) in [6.07, 6.45) is 6.16. The van der Waals surface area contributed by atoms with Crippen molar-refractivity contribution in [3.8, 4) is 0 Å². The molecule has 3 N–H and O–H groups in total. The van der Waals surface area contributed by atoms with Gasteiger partial charge in [-0.05, 0) is 38.6 Å². The van der Waals surface area contributed by atoms with E-state index in [-0.39, 0.29) is 24.1 Å². The van der Waals surface area contributed by atoms with E-state index in [0.717, 1.165) is 45.1 Å². The van der Waals surface area contributed by atoms with E-state index in [1.54, 1.807) is 0 Å². The molecule has 2 rings (SSSR count). The van der Waals surface area contributed by atoms with Crippen LogP contribution in [-0.4, -0.2) is 35.7 Å². The van der Waals surface area contributed by atoms with Gasteiger partial charge in [0, 0.05) is 0 Å². The molecule has 1 aliphatic heterocycles. The monoisotopic (exact) mass is 212 g/mol. The summed E-state index contributed by atoms with van der Waals surface area (Å²) in [5.74, 6) is 0.0726. The molecule has 0 aromatic rings. The summed E-state index contributed by atoms with van der Waals surface area (Å²) in [6, 6.07) is -0.0391. The zero-order chi connectivity index (χ0) is 10.7. The number of hydrogen-bond donors (Lipinski definition) is 3. The molecule has 0 unspecified atom stereocenters. The smallest absolute Gasteiger partial charge is 0.237 e. The van der Waals surface area contributed by atoms with Gasteiger partial charge < -0.3 is 15.7 Å². The summed E-state index contributed by atoms with van der Waals surface area (Å²) < 4.78 is 0. The molecule has 0 aromatic heterocycles. The van der Waals surface area contributed by atoms with Crippen LogP contribution >= 0.6 is 0 Å². The average molecular weight is 212 g/mol. The van der Waals surface area contributed by atoms with E-state index in [0.29, 0.717) is 0 Å². The fourth-order valence-corrected chi connectivity index (χ4v) is 2.35. The molecule has 1 saturated heterocycles. The largest absolute Gasteiger partial charge is 0.394 e. The molecule has 86 valence electrons. The highest BCUT2D eigenvalue weighted by Gasteiger charge is 2.39. The first-order chi connectivity index (χ1) is 7.26. The number of rotatable bonds is 3. The van der Waals surface area contributed by atoms with Gasteiger partial charge in [-0.3, -0.25) is 4.79 Å². The number of piperidine rings is 1. The number of amides is 1. The first-order valence-corrected chi connectivity index (χ1v) is 5.92. The topological polar surface area (TPSA) is 61.4 Å². The summed E-state index contributed by atoms with van der Waals surface area (Å²) in [5, 5.41) is 15.5. The molecule has 1 heterocycles. The van der Waals surface area contributed by atoms with Crippen LogP contribution in [-0.2, 0) is 4.79 Å². The van der Waals surface area contributed by atoms with Crippen molar-refractivity contribution in [2.45, 2.75) is 50.1 Å². The molecule has 1 aliphatic carbocycles. The van der Waals surface area contributed by atoms with Crippen molar-refractivity contribution >= 4 is 5.91 Å². The molecule has 2 aliphatic rings. The first kappa shape index (κ1) is 10.9. The van der Waals surface area contributed by atoms with Crippen LogP contribution in [0.2, 0.25) is 0 Å². The zero-order valence-corrected chi connectivity index (χ0v) is 9.09. The fraction of sp³-hybridized carbons (Fsp3) is 0.909. The van der Waals surface area contributed by atoms with Gasteiger partial charge in [0.1, 0.15) is 0 Å². The Morgan fingerprint density at radius 3 is 2.67 bits per heavy atom. The highest BCUT2D eigenvalue weighted by molar-refractivity contribution is 5.82. The van der Waals surface area contributed by atoms with Crippen LogP contribution in [0.1, 0.15) is 38.5 Å². The van der Waals surface area contributed by atoms with E-state index in [4.69, 9.17) is 0 Å². The molecular formula is C11H20N2O2. The molecular weight excluding hydrogens is 192 g/mol. The molecule has 0 radical (unpaired) electrons. The van der Waals surface area contributed by atoms with Crippen LogP contribution in [0, 0.1) is 0 Å². The number of hydrogen-bond acceptors (Lipinski definition) is 3. The summed E-state index contributed by atoms with van der Waals surface area (Å²) >= 11 is 0. The molecule has 1 saturated carbocycles. The van der Waals surface area contributed by atoms with Crippen molar-refractivity contribution in [2.24, 2.45) is 0 Å². The van der Waals surface area contributed by atoms with Crippen molar-refractivity contribution in [2.75, 3.05) is 13.2 Å². The quantitative estimate of drug-likeness (QED) is 0.624. The lowest BCUT2D eigenvalue weighted by Gasteiger charge is -2.42. The van der Waals surface area contributed by atoms with Crippen molar-refractivity contribution in [3.63, 3.8) is 0 Å². The van der Waals surface area contributed by atoms with E-state index in [1.165, 1.54) is 0 Å². The Labute approximate surface area is 90.4 Å². The third-order valence-electron chi connectivity index (χ3n) is 3.63. The fourth-order valence-electron chi connectivity index (χ4n) is 2.35. The second kappa shape index (κ2) is 4.49. The summed E-state index contributed by atoms with van der Waals surface area (Å²) in [7, 11) is 0. The Kier molecular flexibility index (Phi) is 3.26. The van der Waals surface area contributed by atoms with Crippen LogP contribution < -0.4 is 10.6 Å². The number of aliphatic hydroxyl groups excluding tert-OH is 1. The van der Waals surface area contributed by atoms with Crippen molar-refractivity contribution in [3.05, 3.63) is 0 Å². The van der Waals surface area contributed by atoms with Gasteiger partial charge in [-0.15, -0.1) is 0 Å². The Balaban J connectivity index is 1.85. The van der Waals surface area contributed by atoms with Crippen molar-refractivity contribution in [1.29, 1.82) is 0 Å². The molecule has 2 fully saturated rings. The first-order valence-electron chi connectivity index (χ1n) is 5.92. The molecule has 1 atom stereocenters. The standard InChI is InChI=1S/C11H20N2O2/c14-8-11(5-3-6-11)13-10(15)9-4-1-2-7-12-9/h9,12,14H,1-8H2,(H,13,15)/t9-/m0/s1. The predicted octanol–water partition coefficient (Wildman–Crippen LogP) is 0.160.